The lowest BCUT2D eigenvalue weighted by atomic mass is 10.1. The molecule has 1 aliphatic rings. The van der Waals surface area contributed by atoms with Crippen molar-refractivity contribution in [1.82, 2.24) is 10.6 Å². The van der Waals surface area contributed by atoms with Crippen LogP contribution < -0.4 is 21.1 Å². The molecule has 2 heterocycles. The van der Waals surface area contributed by atoms with Crippen LogP contribution in [0.5, 0.6) is 5.75 Å². The third kappa shape index (κ3) is 6.64. The van der Waals surface area contributed by atoms with Crippen LogP contribution in [0, 0.1) is 6.92 Å². The van der Waals surface area contributed by atoms with E-state index in [0.29, 0.717) is 31.4 Å². The summed E-state index contributed by atoms with van der Waals surface area (Å²) in [5, 5.41) is 6.41. The maximum atomic E-state index is 11.1. The van der Waals surface area contributed by atoms with Gasteiger partial charge in [0.1, 0.15) is 17.6 Å². The molecular formula is C20H27IN4O4. The maximum absolute atomic E-state index is 11.1. The van der Waals surface area contributed by atoms with Crippen LogP contribution in [0.1, 0.15) is 33.9 Å². The number of carbonyl (C=O) groups excluding carboxylic acids is 1. The van der Waals surface area contributed by atoms with Gasteiger partial charge < -0.3 is 30.3 Å². The highest BCUT2D eigenvalue weighted by Crippen LogP contribution is 2.23. The van der Waals surface area contributed by atoms with Crippen LogP contribution >= 0.6 is 24.0 Å². The molecule has 1 aliphatic heterocycles. The number of halogens is 1. The van der Waals surface area contributed by atoms with Crippen molar-refractivity contribution in [3.05, 3.63) is 53.0 Å². The molecule has 1 fully saturated rings. The number of rotatable bonds is 7. The molecule has 3 rings (SSSR count). The second-order valence-electron chi connectivity index (χ2n) is 6.62. The van der Waals surface area contributed by atoms with E-state index in [4.69, 9.17) is 19.6 Å². The fourth-order valence-corrected chi connectivity index (χ4v) is 2.88. The summed E-state index contributed by atoms with van der Waals surface area (Å²) in [5.74, 6) is 1.60. The number of primary amides is 1. The molecule has 1 amide bonds. The maximum Gasteiger partial charge on any atom is 0.284 e. The minimum atomic E-state index is -0.590. The van der Waals surface area contributed by atoms with E-state index in [2.05, 4.69) is 21.7 Å². The average molecular weight is 514 g/mol. The van der Waals surface area contributed by atoms with Crippen molar-refractivity contribution in [3.63, 3.8) is 0 Å². The van der Waals surface area contributed by atoms with E-state index in [1.165, 1.54) is 0 Å². The molecule has 1 aromatic carbocycles. The number of nitrogens with one attached hydrogen (secondary N) is 2. The number of furan rings is 1. The lowest BCUT2D eigenvalue weighted by Crippen LogP contribution is -2.36. The van der Waals surface area contributed by atoms with Crippen LogP contribution in [0.3, 0.4) is 0 Å². The summed E-state index contributed by atoms with van der Waals surface area (Å²) in [5.41, 5.74) is 7.37. The Morgan fingerprint density at radius 1 is 1.28 bits per heavy atom. The molecule has 29 heavy (non-hydrogen) atoms. The molecule has 0 saturated carbocycles. The number of aryl methyl sites for hydroxylation is 1. The summed E-state index contributed by atoms with van der Waals surface area (Å²) in [6.07, 6.45) is 0.997. The van der Waals surface area contributed by atoms with Gasteiger partial charge in [0.2, 0.25) is 0 Å². The molecular weight excluding hydrogens is 487 g/mol. The van der Waals surface area contributed by atoms with E-state index in [0.717, 1.165) is 29.9 Å². The number of carbonyl (C=O) groups is 1. The molecule has 2 aromatic rings. The Balaban J connectivity index is 0.00000300. The van der Waals surface area contributed by atoms with E-state index in [1.807, 2.05) is 19.1 Å². The SMILES string of the molecule is CN=C(NCc1ccc(C(N)=O)o1)NCc1ccc(C)cc1OC1CCOC1.I. The molecule has 4 N–H and O–H groups in total. The monoisotopic (exact) mass is 514 g/mol. The van der Waals surface area contributed by atoms with Gasteiger partial charge in [-0.25, -0.2) is 0 Å². The second kappa shape index (κ2) is 11.1. The van der Waals surface area contributed by atoms with Crippen LogP contribution in [0.25, 0.3) is 0 Å². The molecule has 1 aromatic heterocycles. The molecule has 158 valence electrons. The third-order valence-corrected chi connectivity index (χ3v) is 4.41. The standard InChI is InChI=1S/C20H26N4O4.HI/c1-13-3-4-14(18(9-13)28-16-7-8-26-12-16)10-23-20(22-2)24-11-15-5-6-17(27-15)19(21)25;/h3-6,9,16H,7-8,10-12H2,1-2H3,(H2,21,25)(H2,22,23,24);1H. The first-order valence-corrected chi connectivity index (χ1v) is 9.22. The predicted molar refractivity (Wildman–Crippen MR) is 121 cm³/mol. The summed E-state index contributed by atoms with van der Waals surface area (Å²) in [6, 6.07) is 9.40. The molecule has 1 unspecified atom stereocenters. The van der Waals surface area contributed by atoms with E-state index < -0.39 is 5.91 Å². The number of amides is 1. The normalized spacial score (nSPS) is 16.2. The van der Waals surface area contributed by atoms with Gasteiger partial charge in [-0.1, -0.05) is 12.1 Å². The zero-order valence-electron chi connectivity index (χ0n) is 16.6. The Hall–Kier alpha value is -2.27. The zero-order chi connectivity index (χ0) is 19.9. The topological polar surface area (TPSA) is 111 Å². The number of nitrogens with two attached hydrogens (primary N) is 1. The van der Waals surface area contributed by atoms with Crippen LogP contribution in [-0.2, 0) is 17.8 Å². The first kappa shape index (κ1) is 23.0. The van der Waals surface area contributed by atoms with Gasteiger partial charge in [-0.05, 0) is 30.7 Å². The first-order valence-electron chi connectivity index (χ1n) is 9.22. The van der Waals surface area contributed by atoms with E-state index in [-0.39, 0.29) is 35.8 Å². The van der Waals surface area contributed by atoms with Crippen molar-refractivity contribution in [2.75, 3.05) is 20.3 Å². The molecule has 8 nitrogen and oxygen atoms in total. The van der Waals surface area contributed by atoms with Crippen molar-refractivity contribution in [2.45, 2.75) is 32.5 Å². The number of hydrogen-bond donors (Lipinski definition) is 3. The molecule has 0 radical (unpaired) electrons. The fraction of sp³-hybridized carbons (Fsp3) is 0.400. The lowest BCUT2D eigenvalue weighted by molar-refractivity contribution is 0.0972. The number of guanidine groups is 1. The van der Waals surface area contributed by atoms with Gasteiger partial charge in [0.05, 0.1) is 19.8 Å². The Labute approximate surface area is 187 Å². The Morgan fingerprint density at radius 2 is 2.07 bits per heavy atom. The average Bonchev–Trinajstić information content (AvgIpc) is 3.35. The van der Waals surface area contributed by atoms with Crippen molar-refractivity contribution >= 4 is 35.8 Å². The Kier molecular flexibility index (Phi) is 8.77. The summed E-state index contributed by atoms with van der Waals surface area (Å²) in [6.45, 7) is 4.34. The fourth-order valence-electron chi connectivity index (χ4n) is 2.88. The predicted octanol–water partition coefficient (Wildman–Crippen LogP) is 2.34. The van der Waals surface area contributed by atoms with E-state index >= 15 is 0 Å². The first-order chi connectivity index (χ1) is 13.5. The van der Waals surface area contributed by atoms with E-state index in [9.17, 15) is 4.79 Å². The molecule has 0 bridgehead atoms. The van der Waals surface area contributed by atoms with Gasteiger partial charge in [0.25, 0.3) is 5.91 Å². The van der Waals surface area contributed by atoms with Crippen LogP contribution in [0.4, 0.5) is 0 Å². The van der Waals surface area contributed by atoms with Gasteiger partial charge >= 0.3 is 0 Å². The van der Waals surface area contributed by atoms with Crippen molar-refractivity contribution in [2.24, 2.45) is 10.7 Å². The largest absolute Gasteiger partial charge is 0.488 e. The summed E-state index contributed by atoms with van der Waals surface area (Å²) < 4.78 is 16.9. The van der Waals surface area contributed by atoms with Crippen molar-refractivity contribution < 1.29 is 18.7 Å². The smallest absolute Gasteiger partial charge is 0.284 e. The molecule has 1 saturated heterocycles. The number of ether oxygens (including phenoxy) is 2. The lowest BCUT2D eigenvalue weighted by Gasteiger charge is -2.18. The van der Waals surface area contributed by atoms with Crippen molar-refractivity contribution in [3.8, 4) is 5.75 Å². The quantitative estimate of drug-likeness (QED) is 0.297. The van der Waals surface area contributed by atoms with Gasteiger partial charge in [0.15, 0.2) is 11.7 Å². The van der Waals surface area contributed by atoms with Gasteiger partial charge in [-0.3, -0.25) is 9.79 Å². The Bertz CT molecular complexity index is 847. The Morgan fingerprint density at radius 3 is 2.72 bits per heavy atom. The number of benzene rings is 1. The van der Waals surface area contributed by atoms with Crippen molar-refractivity contribution in [1.29, 1.82) is 0 Å². The highest BCUT2D eigenvalue weighted by atomic mass is 127. The van der Waals surface area contributed by atoms with Gasteiger partial charge in [-0.15, -0.1) is 24.0 Å². The molecule has 0 aliphatic carbocycles. The summed E-state index contributed by atoms with van der Waals surface area (Å²) in [4.78, 5) is 15.3. The molecule has 0 spiro atoms. The van der Waals surface area contributed by atoms with Crippen LogP contribution in [0.15, 0.2) is 39.7 Å². The minimum absolute atomic E-state index is 0. The second-order valence-corrected chi connectivity index (χ2v) is 6.62. The van der Waals surface area contributed by atoms with Crippen LogP contribution in [-0.4, -0.2) is 38.2 Å². The molecule has 9 heteroatoms. The molecule has 1 atom stereocenters. The third-order valence-electron chi connectivity index (χ3n) is 4.41. The number of hydrogen-bond acceptors (Lipinski definition) is 5. The highest BCUT2D eigenvalue weighted by molar-refractivity contribution is 14.0. The number of aliphatic imine (C=N–C) groups is 1. The van der Waals surface area contributed by atoms with E-state index in [1.54, 1.807) is 19.2 Å². The van der Waals surface area contributed by atoms with Gasteiger partial charge in [-0.2, -0.15) is 0 Å². The summed E-state index contributed by atoms with van der Waals surface area (Å²) in [7, 11) is 1.69. The van der Waals surface area contributed by atoms with Crippen LogP contribution in [0.2, 0.25) is 0 Å². The summed E-state index contributed by atoms with van der Waals surface area (Å²) >= 11 is 0. The zero-order valence-corrected chi connectivity index (χ0v) is 18.9. The minimum Gasteiger partial charge on any atom is -0.488 e. The highest BCUT2D eigenvalue weighted by Gasteiger charge is 2.19. The van der Waals surface area contributed by atoms with Gasteiger partial charge in [0, 0.05) is 25.6 Å². The number of nitrogens with zero attached hydrogens (tertiary/aromatic N) is 1.